The highest BCUT2D eigenvalue weighted by molar-refractivity contribution is 5.96. The molecule has 15 heteroatoms. The van der Waals surface area contributed by atoms with E-state index >= 15 is 4.79 Å². The molecule has 7 rings (SSSR count). The molecule has 11 atom stereocenters. The van der Waals surface area contributed by atoms with E-state index < -0.39 is 113 Å². The zero-order valence-electron chi connectivity index (χ0n) is 36.7. The minimum Gasteiger partial charge on any atom is -0.456 e. The number of aliphatic hydroxyl groups is 3. The van der Waals surface area contributed by atoms with Gasteiger partial charge in [0.15, 0.2) is 23.6 Å². The Morgan fingerprint density at radius 1 is 0.908 bits per heavy atom. The Morgan fingerprint density at radius 3 is 2.14 bits per heavy atom. The van der Waals surface area contributed by atoms with Crippen LogP contribution >= 0.6 is 0 Å². The zero-order chi connectivity index (χ0) is 47.2. The van der Waals surface area contributed by atoms with Gasteiger partial charge < -0.3 is 44.3 Å². The van der Waals surface area contributed by atoms with Crippen molar-refractivity contribution >= 4 is 41.6 Å². The molecule has 0 spiro atoms. The van der Waals surface area contributed by atoms with Crippen molar-refractivity contribution in [2.75, 3.05) is 6.61 Å². The predicted molar refractivity (Wildman–Crippen MR) is 232 cm³/mol. The van der Waals surface area contributed by atoms with Crippen molar-refractivity contribution in [1.29, 1.82) is 0 Å². The van der Waals surface area contributed by atoms with Crippen LogP contribution in [0.25, 0.3) is 6.08 Å². The monoisotopic (exact) mass is 891 g/mol. The number of hydrogen-bond donors (Lipinski definition) is 4. The summed E-state index contributed by atoms with van der Waals surface area (Å²) >= 11 is 0. The average molecular weight is 892 g/mol. The lowest BCUT2D eigenvalue weighted by molar-refractivity contribution is -0.345. The van der Waals surface area contributed by atoms with Crippen molar-refractivity contribution in [3.05, 3.63) is 138 Å². The van der Waals surface area contributed by atoms with Gasteiger partial charge in [-0.3, -0.25) is 14.4 Å². The highest BCUT2D eigenvalue weighted by Crippen LogP contribution is 2.64. The fraction of sp³-hybridized carbons (Fsp3) is 0.400. The molecule has 0 aromatic heterocycles. The van der Waals surface area contributed by atoms with Crippen molar-refractivity contribution < 1.29 is 67.8 Å². The van der Waals surface area contributed by atoms with E-state index in [-0.39, 0.29) is 35.3 Å². The molecule has 65 heavy (non-hydrogen) atoms. The van der Waals surface area contributed by atoms with E-state index in [4.69, 9.17) is 23.7 Å². The third kappa shape index (κ3) is 7.90. The molecule has 1 aliphatic heterocycles. The minimum atomic E-state index is -2.43. The molecular weight excluding hydrogens is 839 g/mol. The van der Waals surface area contributed by atoms with Gasteiger partial charge in [-0.05, 0) is 66.5 Å². The van der Waals surface area contributed by atoms with E-state index in [1.807, 2.05) is 0 Å². The van der Waals surface area contributed by atoms with E-state index in [9.17, 15) is 39.3 Å². The number of aliphatic hydroxyl groups excluding tert-OH is 2. The van der Waals surface area contributed by atoms with Gasteiger partial charge in [0.2, 0.25) is 0 Å². The summed E-state index contributed by atoms with van der Waals surface area (Å²) in [5, 5.41) is 40.6. The van der Waals surface area contributed by atoms with Crippen molar-refractivity contribution in [2.24, 2.45) is 16.7 Å². The van der Waals surface area contributed by atoms with Gasteiger partial charge in [0, 0.05) is 36.8 Å². The predicted octanol–water partition coefficient (Wildman–Crippen LogP) is 4.54. The Hall–Kier alpha value is -6.26. The summed E-state index contributed by atoms with van der Waals surface area (Å²) in [7, 11) is 0. The molecule has 4 N–H and O–H groups in total. The molecule has 15 nitrogen and oxygen atoms in total. The molecule has 3 aromatic rings. The molecule has 3 fully saturated rings. The first kappa shape index (κ1) is 46.7. The molecule has 0 radical (unpaired) electrons. The largest absolute Gasteiger partial charge is 0.456 e. The number of Topliss-reactive ketones (excluding diaryl/α,β-unsaturated/α-hetero) is 1. The van der Waals surface area contributed by atoms with Crippen LogP contribution in [0.4, 0.5) is 0 Å². The van der Waals surface area contributed by atoms with Gasteiger partial charge in [0.1, 0.15) is 23.9 Å². The third-order valence-electron chi connectivity index (χ3n) is 14.0. The van der Waals surface area contributed by atoms with Crippen molar-refractivity contribution in [3.8, 4) is 0 Å². The number of carbonyl (C=O) groups is 6. The molecule has 1 heterocycles. The number of benzene rings is 3. The first-order valence-electron chi connectivity index (χ1n) is 21.3. The number of ether oxygens (including phenoxy) is 5. The maximum absolute atomic E-state index is 15.6. The van der Waals surface area contributed by atoms with E-state index in [2.05, 4.69) is 18.5 Å². The summed E-state index contributed by atoms with van der Waals surface area (Å²) in [5.74, 6) is -7.17. The number of nitrogens with one attached hydrogen (secondary N) is 1. The molecule has 4 aliphatic rings. The van der Waals surface area contributed by atoms with Crippen LogP contribution in [0.5, 0.6) is 0 Å². The van der Waals surface area contributed by atoms with Gasteiger partial charge in [-0.2, -0.15) is 0 Å². The van der Waals surface area contributed by atoms with Crippen LogP contribution < -0.4 is 5.32 Å². The number of carbonyl (C=O) groups excluding carboxylic acids is 6. The Kier molecular flexibility index (Phi) is 12.7. The Labute approximate surface area is 376 Å². The smallest absolute Gasteiger partial charge is 0.338 e. The van der Waals surface area contributed by atoms with Gasteiger partial charge in [-0.15, -0.1) is 0 Å². The standard InChI is InChI=1S/C50H53NO14/c1-8-29-17-16-22-32(23-29)38(51-44(57)30-18-12-10-13-19-30)39(55)46(59)63-33-25-50(60)43(64-45(58)31-20-14-11-15-21-31)41-48(7,34(53)24-35-49(41,26-61-35)65-36(54)9-2)42(56)40(62-28(4)52)37(27(33)3)47(50,5)6/h8-23,33-35,38-41,43,53,55,60H,1-2,24-26H2,3-7H3,(H,51,57)/t33-,34-,35+,38-,39+,40+,41-,43-,48+,49-,50+/m0/s1. The summed E-state index contributed by atoms with van der Waals surface area (Å²) in [6.45, 7) is 14.0. The SMILES string of the molecule is C=CC(=O)O[C@@]12CO[C@@H]1C[C@H](O)[C@@]1(C)C(=O)[C@H](OC(C)=O)C3=C(C)[C@@H](OC(=O)[C@H](O)[C@@H](NC(=O)c4ccccc4)c4cccc(C=C)c4)C[C@@](O)([C@@H](OC(=O)c4ccccc4)[C@H]21)C3(C)C. The first-order chi connectivity index (χ1) is 30.7. The third-order valence-corrected chi connectivity index (χ3v) is 14.0. The van der Waals surface area contributed by atoms with Crippen LogP contribution in [0.15, 0.2) is 115 Å². The number of fused-ring (bicyclic) bond motifs is 5. The maximum Gasteiger partial charge on any atom is 0.338 e. The molecule has 3 aliphatic carbocycles. The van der Waals surface area contributed by atoms with Crippen molar-refractivity contribution in [1.82, 2.24) is 5.32 Å². The quantitative estimate of drug-likeness (QED) is 0.0849. The number of hydrogen-bond acceptors (Lipinski definition) is 14. The molecule has 342 valence electrons. The van der Waals surface area contributed by atoms with E-state index in [0.717, 1.165) is 13.0 Å². The van der Waals surface area contributed by atoms with Crippen LogP contribution in [-0.4, -0.2) is 105 Å². The second kappa shape index (κ2) is 17.6. The second-order valence-electron chi connectivity index (χ2n) is 17.8. The van der Waals surface area contributed by atoms with E-state index in [1.54, 1.807) is 92.7 Å². The fourth-order valence-corrected chi connectivity index (χ4v) is 10.4. The molecule has 0 unspecified atom stereocenters. The molecule has 1 saturated heterocycles. The summed E-state index contributed by atoms with van der Waals surface area (Å²) in [6, 6.07) is 21.2. The Bertz CT molecular complexity index is 2450. The lowest BCUT2D eigenvalue weighted by Crippen LogP contribution is -2.82. The molecule has 3 aromatic carbocycles. The Balaban J connectivity index is 1.40. The topological polar surface area (TPSA) is 221 Å². The maximum atomic E-state index is 15.6. The van der Waals surface area contributed by atoms with Crippen LogP contribution in [0.1, 0.15) is 85.3 Å². The highest BCUT2D eigenvalue weighted by Gasteiger charge is 2.78. The van der Waals surface area contributed by atoms with Gasteiger partial charge in [0.05, 0.1) is 35.6 Å². The van der Waals surface area contributed by atoms with Gasteiger partial charge >= 0.3 is 23.9 Å². The number of ketones is 1. The second-order valence-corrected chi connectivity index (χ2v) is 17.8. The molecule has 2 bridgehead atoms. The number of amides is 1. The first-order valence-corrected chi connectivity index (χ1v) is 21.3. The van der Waals surface area contributed by atoms with Crippen molar-refractivity contribution in [3.63, 3.8) is 0 Å². The average Bonchev–Trinajstić information content (AvgIpc) is 3.29. The normalized spacial score (nSPS) is 30.8. The lowest BCUT2D eigenvalue weighted by atomic mass is 9.44. The molecule has 1 amide bonds. The van der Waals surface area contributed by atoms with Crippen LogP contribution in [0.2, 0.25) is 0 Å². The van der Waals surface area contributed by atoms with Crippen LogP contribution in [0.3, 0.4) is 0 Å². The molecule has 2 saturated carbocycles. The summed E-state index contributed by atoms with van der Waals surface area (Å²) < 4.78 is 30.4. The summed E-state index contributed by atoms with van der Waals surface area (Å²) in [6.07, 6.45) is -8.38. The van der Waals surface area contributed by atoms with Gasteiger partial charge in [0.25, 0.3) is 5.91 Å². The van der Waals surface area contributed by atoms with Gasteiger partial charge in [-0.1, -0.05) is 87.7 Å². The van der Waals surface area contributed by atoms with E-state index in [1.165, 1.54) is 26.0 Å². The highest BCUT2D eigenvalue weighted by atomic mass is 16.6. The summed E-state index contributed by atoms with van der Waals surface area (Å²) in [5.41, 5.74) is -6.73. The van der Waals surface area contributed by atoms with Crippen LogP contribution in [0, 0.1) is 16.7 Å². The fourth-order valence-electron chi connectivity index (χ4n) is 10.4. The minimum absolute atomic E-state index is 0.0249. The number of esters is 4. The van der Waals surface area contributed by atoms with E-state index in [0.29, 0.717) is 11.1 Å². The van der Waals surface area contributed by atoms with Crippen molar-refractivity contribution in [2.45, 2.75) is 101 Å². The van der Waals surface area contributed by atoms with Gasteiger partial charge in [-0.25, -0.2) is 14.4 Å². The molecular formula is C50H53NO14. The lowest BCUT2D eigenvalue weighted by Gasteiger charge is -2.67. The van der Waals surface area contributed by atoms with Crippen LogP contribution in [-0.2, 0) is 42.9 Å². The Morgan fingerprint density at radius 2 is 1.55 bits per heavy atom. The zero-order valence-corrected chi connectivity index (χ0v) is 36.7. The number of rotatable bonds is 12. The summed E-state index contributed by atoms with van der Waals surface area (Å²) in [4.78, 5) is 84.3.